The molecule has 0 unspecified atom stereocenters. The lowest BCUT2D eigenvalue weighted by Crippen LogP contribution is -2.46. The normalized spacial score (nSPS) is 15.7. The van der Waals surface area contributed by atoms with E-state index in [1.54, 1.807) is 23.3 Å². The average Bonchev–Trinajstić information content (AvgIpc) is 3.25. The number of rotatable bonds is 7. The van der Waals surface area contributed by atoms with Crippen LogP contribution in [0.3, 0.4) is 0 Å². The van der Waals surface area contributed by atoms with E-state index in [4.69, 9.17) is 4.42 Å². The van der Waals surface area contributed by atoms with Crippen molar-refractivity contribution in [2.24, 2.45) is 0 Å². The number of aryl methyl sites for hydroxylation is 1. The summed E-state index contributed by atoms with van der Waals surface area (Å²) in [6, 6.07) is 1.57. The van der Waals surface area contributed by atoms with Crippen LogP contribution >= 0.6 is 11.3 Å². The number of thiazole rings is 1. The molecule has 152 valence electrons. The van der Waals surface area contributed by atoms with Gasteiger partial charge in [-0.15, -0.1) is 11.3 Å². The number of nitrogens with zero attached hydrogens (tertiary/aromatic N) is 2. The van der Waals surface area contributed by atoms with Gasteiger partial charge in [0.15, 0.2) is 5.13 Å². The van der Waals surface area contributed by atoms with Crippen LogP contribution in [0.4, 0.5) is 13.9 Å². The molecule has 3 rings (SSSR count). The number of alkyl halides is 2. The molecule has 3 heterocycles. The lowest BCUT2D eigenvalue weighted by atomic mass is 10.0. The van der Waals surface area contributed by atoms with Crippen LogP contribution in [-0.4, -0.2) is 53.8 Å². The van der Waals surface area contributed by atoms with E-state index in [9.17, 15) is 18.4 Å². The zero-order chi connectivity index (χ0) is 20.1. The lowest BCUT2D eigenvalue weighted by molar-refractivity contribution is -0.121. The zero-order valence-electron chi connectivity index (χ0n) is 15.4. The maximum atomic E-state index is 12.4. The lowest BCUT2D eigenvalue weighted by Gasteiger charge is -2.31. The summed E-state index contributed by atoms with van der Waals surface area (Å²) in [5.74, 6) is 0.0431. The van der Waals surface area contributed by atoms with Crippen molar-refractivity contribution in [3.05, 3.63) is 34.7 Å². The van der Waals surface area contributed by atoms with Crippen LogP contribution in [0, 0.1) is 6.92 Å². The molecule has 2 N–H and O–H groups in total. The average molecular weight is 412 g/mol. The van der Waals surface area contributed by atoms with Crippen molar-refractivity contribution >= 4 is 28.3 Å². The third-order valence-corrected chi connectivity index (χ3v) is 5.37. The van der Waals surface area contributed by atoms with Gasteiger partial charge in [-0.05, 0) is 25.8 Å². The monoisotopic (exact) mass is 412 g/mol. The first kappa shape index (κ1) is 20.4. The molecule has 1 aliphatic heterocycles. The third-order valence-electron chi connectivity index (χ3n) is 4.57. The summed E-state index contributed by atoms with van der Waals surface area (Å²) in [6.45, 7) is 2.59. The second kappa shape index (κ2) is 9.24. The molecule has 1 saturated heterocycles. The minimum absolute atomic E-state index is 0.0108. The molecule has 1 fully saturated rings. The van der Waals surface area contributed by atoms with E-state index in [-0.39, 0.29) is 30.8 Å². The van der Waals surface area contributed by atoms with Crippen LogP contribution < -0.4 is 10.6 Å². The topological polar surface area (TPSA) is 87.5 Å². The number of piperidine rings is 1. The maximum absolute atomic E-state index is 12.4. The molecule has 1 aliphatic rings. The summed E-state index contributed by atoms with van der Waals surface area (Å²) in [7, 11) is 0. The quantitative estimate of drug-likeness (QED) is 0.730. The van der Waals surface area contributed by atoms with Crippen molar-refractivity contribution in [1.82, 2.24) is 15.2 Å². The van der Waals surface area contributed by atoms with Crippen LogP contribution in [0.1, 0.15) is 34.7 Å². The molecule has 0 spiro atoms. The van der Waals surface area contributed by atoms with Gasteiger partial charge < -0.3 is 9.73 Å². The summed E-state index contributed by atoms with van der Waals surface area (Å²) in [5, 5.41) is 7.76. The first-order chi connectivity index (χ1) is 13.4. The number of likely N-dealkylation sites (tertiary alicyclic amines) is 1. The summed E-state index contributed by atoms with van der Waals surface area (Å²) < 4.78 is 29.9. The minimum Gasteiger partial charge on any atom is -0.469 e. The van der Waals surface area contributed by atoms with Crippen molar-refractivity contribution in [3.63, 3.8) is 0 Å². The van der Waals surface area contributed by atoms with Gasteiger partial charge in [-0.2, -0.15) is 0 Å². The molecular formula is C18H22F2N4O3S. The van der Waals surface area contributed by atoms with E-state index in [0.717, 1.165) is 0 Å². The Morgan fingerprint density at radius 1 is 1.39 bits per heavy atom. The van der Waals surface area contributed by atoms with Gasteiger partial charge in [-0.25, -0.2) is 13.8 Å². The first-order valence-electron chi connectivity index (χ1n) is 9.00. The SMILES string of the molecule is Cc1occc1C(=O)Nc1nc(CC(=O)NC2CCN(CC(F)F)CC2)cs1. The molecule has 2 aromatic heterocycles. The maximum Gasteiger partial charge on any atom is 0.260 e. The molecule has 2 amide bonds. The number of hydrogen-bond acceptors (Lipinski definition) is 6. The molecule has 0 atom stereocenters. The molecule has 10 heteroatoms. The van der Waals surface area contributed by atoms with Crippen molar-refractivity contribution < 1.29 is 22.8 Å². The highest BCUT2D eigenvalue weighted by molar-refractivity contribution is 7.14. The van der Waals surface area contributed by atoms with E-state index in [0.29, 0.717) is 48.1 Å². The predicted molar refractivity (Wildman–Crippen MR) is 101 cm³/mol. The largest absolute Gasteiger partial charge is 0.469 e. The highest BCUT2D eigenvalue weighted by Crippen LogP contribution is 2.19. The molecule has 28 heavy (non-hydrogen) atoms. The van der Waals surface area contributed by atoms with E-state index in [2.05, 4.69) is 15.6 Å². The Hall–Kier alpha value is -2.33. The van der Waals surface area contributed by atoms with Crippen molar-refractivity contribution in [3.8, 4) is 0 Å². The van der Waals surface area contributed by atoms with Gasteiger partial charge in [0.25, 0.3) is 12.3 Å². The van der Waals surface area contributed by atoms with E-state index in [1.807, 2.05) is 0 Å². The van der Waals surface area contributed by atoms with Crippen LogP contribution in [0.25, 0.3) is 0 Å². The summed E-state index contributed by atoms with van der Waals surface area (Å²) in [5.41, 5.74) is 1.00. The number of nitrogens with one attached hydrogen (secondary N) is 2. The predicted octanol–water partition coefficient (Wildman–Crippen LogP) is 2.69. The molecule has 0 bridgehead atoms. The fraction of sp³-hybridized carbons (Fsp3) is 0.500. The second-order valence-corrected chi connectivity index (χ2v) is 7.56. The summed E-state index contributed by atoms with van der Waals surface area (Å²) in [4.78, 5) is 30.4. The van der Waals surface area contributed by atoms with Gasteiger partial charge >= 0.3 is 0 Å². The van der Waals surface area contributed by atoms with Gasteiger partial charge in [0.2, 0.25) is 5.91 Å². The Kier molecular flexibility index (Phi) is 6.74. The van der Waals surface area contributed by atoms with Crippen molar-refractivity contribution in [2.45, 2.75) is 38.7 Å². The molecular weight excluding hydrogens is 390 g/mol. The minimum atomic E-state index is -2.33. The smallest absolute Gasteiger partial charge is 0.260 e. The number of amides is 2. The van der Waals surface area contributed by atoms with E-state index < -0.39 is 6.43 Å². The van der Waals surface area contributed by atoms with Crippen LogP contribution in [-0.2, 0) is 11.2 Å². The van der Waals surface area contributed by atoms with Gasteiger partial charge in [-0.3, -0.25) is 19.8 Å². The van der Waals surface area contributed by atoms with Gasteiger partial charge in [-0.1, -0.05) is 0 Å². The second-order valence-electron chi connectivity index (χ2n) is 6.70. The van der Waals surface area contributed by atoms with Crippen molar-refractivity contribution in [2.75, 3.05) is 25.0 Å². The first-order valence-corrected chi connectivity index (χ1v) is 9.88. The summed E-state index contributed by atoms with van der Waals surface area (Å²) >= 11 is 1.24. The molecule has 0 aromatic carbocycles. The standard InChI is InChI=1S/C18H22F2N4O3S/c1-11-14(4-7-27-11)17(26)23-18-22-13(10-28-18)8-16(25)21-12-2-5-24(6-3-12)9-15(19)20/h4,7,10,12,15H,2-3,5-6,8-9H2,1H3,(H,21,25)(H,22,23,26). The molecule has 0 aliphatic carbocycles. The zero-order valence-corrected chi connectivity index (χ0v) is 16.2. The number of hydrogen-bond donors (Lipinski definition) is 2. The van der Waals surface area contributed by atoms with Crippen molar-refractivity contribution in [1.29, 1.82) is 0 Å². The Morgan fingerprint density at radius 2 is 2.14 bits per heavy atom. The van der Waals surface area contributed by atoms with E-state index >= 15 is 0 Å². The number of furan rings is 1. The Labute approximate surface area is 165 Å². The molecule has 0 radical (unpaired) electrons. The number of halogens is 2. The van der Waals surface area contributed by atoms with E-state index in [1.165, 1.54) is 17.6 Å². The van der Waals surface area contributed by atoms with Crippen LogP contribution in [0.2, 0.25) is 0 Å². The Balaban J connectivity index is 1.44. The van der Waals surface area contributed by atoms with Gasteiger partial charge in [0.1, 0.15) is 5.76 Å². The molecule has 2 aromatic rings. The third kappa shape index (κ3) is 5.59. The number of aromatic nitrogens is 1. The highest BCUT2D eigenvalue weighted by Gasteiger charge is 2.23. The summed E-state index contributed by atoms with van der Waals surface area (Å²) in [6.07, 6.45) is 0.526. The van der Waals surface area contributed by atoms with Crippen LogP contribution in [0.5, 0.6) is 0 Å². The Morgan fingerprint density at radius 3 is 2.79 bits per heavy atom. The van der Waals surface area contributed by atoms with Gasteiger partial charge in [0.05, 0.1) is 30.5 Å². The number of anilines is 1. The highest BCUT2D eigenvalue weighted by atomic mass is 32.1. The Bertz CT molecular complexity index is 815. The fourth-order valence-corrected chi connectivity index (χ4v) is 3.83. The fourth-order valence-electron chi connectivity index (χ4n) is 3.13. The molecule has 0 saturated carbocycles. The number of carbonyl (C=O) groups excluding carboxylic acids is 2. The number of carbonyl (C=O) groups is 2. The van der Waals surface area contributed by atoms with Gasteiger partial charge in [0, 0.05) is 24.5 Å². The molecule has 7 nitrogen and oxygen atoms in total. The van der Waals surface area contributed by atoms with Crippen LogP contribution in [0.15, 0.2) is 22.1 Å².